The van der Waals surface area contributed by atoms with Crippen molar-refractivity contribution in [3.63, 3.8) is 0 Å². The molecule has 11 heteroatoms. The Bertz CT molecular complexity index is 1680. The van der Waals surface area contributed by atoms with E-state index in [4.69, 9.17) is 18.4 Å². The third-order valence-corrected chi connectivity index (χ3v) is 5.52. The van der Waals surface area contributed by atoms with E-state index in [2.05, 4.69) is 35.6 Å². The number of ether oxygens (including phenoxy) is 1. The van der Waals surface area contributed by atoms with Crippen LogP contribution in [0.3, 0.4) is 0 Å². The highest BCUT2D eigenvalue weighted by atomic mass is 79.9. The van der Waals surface area contributed by atoms with E-state index >= 15 is 0 Å². The van der Waals surface area contributed by atoms with E-state index in [1.165, 1.54) is 19.5 Å². The topological polar surface area (TPSA) is 142 Å². The van der Waals surface area contributed by atoms with Crippen molar-refractivity contribution in [2.24, 2.45) is 0 Å². The predicted octanol–water partition coefficient (Wildman–Crippen LogP) is 7.27. The van der Waals surface area contributed by atoms with Crippen LogP contribution in [-0.2, 0) is 4.74 Å². The summed E-state index contributed by atoms with van der Waals surface area (Å²) >= 11 is 3.20. The molecule has 0 fully saturated rings. The minimum atomic E-state index is -1.11. The van der Waals surface area contributed by atoms with Crippen LogP contribution in [0, 0.1) is 0 Å². The summed E-state index contributed by atoms with van der Waals surface area (Å²) in [5, 5.41) is 8.61. The maximum atomic E-state index is 11.1. The van der Waals surface area contributed by atoms with Gasteiger partial charge in [-0.1, -0.05) is 54.6 Å². The predicted molar refractivity (Wildman–Crippen MR) is 152 cm³/mol. The number of carboxylic acid groups (broad SMARTS) is 1. The number of aromatic nitrogens is 3. The number of carboxylic acids is 1. The van der Waals surface area contributed by atoms with Crippen LogP contribution in [0.4, 0.5) is 0 Å². The Morgan fingerprint density at radius 1 is 0.634 bits per heavy atom. The number of aromatic carboxylic acids is 1. The Hall–Kier alpha value is -5.29. The number of oxazole rings is 3. The summed E-state index contributed by atoms with van der Waals surface area (Å²) in [7, 11) is 1.30. The monoisotopic (exact) mass is 615 g/mol. The van der Waals surface area contributed by atoms with Gasteiger partial charge >= 0.3 is 11.9 Å². The summed E-state index contributed by atoms with van der Waals surface area (Å²) in [4.78, 5) is 33.5. The van der Waals surface area contributed by atoms with Crippen LogP contribution >= 0.6 is 15.9 Å². The smallest absolute Gasteiger partial charge is 0.375 e. The second-order valence-electron chi connectivity index (χ2n) is 7.92. The molecule has 6 rings (SSSR count). The third-order valence-electron chi connectivity index (χ3n) is 5.15. The van der Waals surface area contributed by atoms with E-state index in [9.17, 15) is 9.59 Å². The van der Waals surface area contributed by atoms with Gasteiger partial charge in [0.2, 0.25) is 29.2 Å². The van der Waals surface area contributed by atoms with Crippen LogP contribution in [0.5, 0.6) is 0 Å². The largest absolute Gasteiger partial charge is 0.475 e. The molecular weight excluding hydrogens is 594 g/mol. The number of nitrogens with zero attached hydrogens (tertiary/aromatic N) is 3. The molecule has 10 nitrogen and oxygen atoms in total. The minimum absolute atomic E-state index is 0.108. The molecule has 0 aliphatic carbocycles. The van der Waals surface area contributed by atoms with Gasteiger partial charge in [-0.25, -0.2) is 24.5 Å². The van der Waals surface area contributed by atoms with Gasteiger partial charge in [0.1, 0.15) is 0 Å². The fourth-order valence-corrected chi connectivity index (χ4v) is 3.49. The molecule has 0 unspecified atom stereocenters. The number of halogens is 1. The van der Waals surface area contributed by atoms with Gasteiger partial charge in [0.05, 0.1) is 25.7 Å². The summed E-state index contributed by atoms with van der Waals surface area (Å²) in [6, 6.07) is 28.3. The molecule has 41 heavy (non-hydrogen) atoms. The molecule has 0 bridgehead atoms. The Kier molecular flexibility index (Phi) is 9.94. The molecule has 3 aromatic carbocycles. The number of hydrogen-bond donors (Lipinski definition) is 1. The average Bonchev–Trinajstić information content (AvgIpc) is 3.80. The second-order valence-corrected chi connectivity index (χ2v) is 8.71. The lowest BCUT2D eigenvalue weighted by Gasteiger charge is -1.94. The zero-order chi connectivity index (χ0) is 29.0. The molecule has 3 aromatic heterocycles. The van der Waals surface area contributed by atoms with Crippen LogP contribution in [0.2, 0.25) is 0 Å². The van der Waals surface area contributed by atoms with Crippen molar-refractivity contribution in [2.45, 2.75) is 0 Å². The van der Waals surface area contributed by atoms with Gasteiger partial charge in [-0.2, -0.15) is 0 Å². The molecule has 0 saturated carbocycles. The standard InChI is InChI=1S/C11H9NO3.C10H7NO3.C9H6BrNO/c1-14-11(13)9-7-12-10(15-9)8-5-3-2-4-6-8;12-10(13)8-6-11-9(14-8)7-4-2-1-3-5-7;10-8-6-11-9(12-8)7-4-2-1-3-5-7/h2-7H,1H3;1-6H,(H,12,13);1-6H. The number of rotatable bonds is 5. The van der Waals surface area contributed by atoms with Crippen LogP contribution in [0.15, 0.2) is 128 Å². The Morgan fingerprint density at radius 2 is 1.02 bits per heavy atom. The zero-order valence-corrected chi connectivity index (χ0v) is 23.1. The Morgan fingerprint density at radius 3 is 1.39 bits per heavy atom. The van der Waals surface area contributed by atoms with E-state index in [1.54, 1.807) is 18.3 Å². The van der Waals surface area contributed by atoms with E-state index in [-0.39, 0.29) is 11.5 Å². The van der Waals surface area contributed by atoms with Gasteiger partial charge in [0.25, 0.3) is 0 Å². The van der Waals surface area contributed by atoms with Crippen molar-refractivity contribution in [1.82, 2.24) is 15.0 Å². The molecular formula is C30H22BrN3O7. The highest BCUT2D eigenvalue weighted by molar-refractivity contribution is 9.10. The molecule has 0 aliphatic heterocycles. The van der Waals surface area contributed by atoms with Crippen molar-refractivity contribution < 1.29 is 32.7 Å². The SMILES string of the molecule is Brc1cnc(-c2ccccc2)o1.COC(=O)c1cnc(-c2ccccc2)o1.O=C(O)c1cnc(-c2ccccc2)o1. The van der Waals surface area contributed by atoms with Gasteiger partial charge in [0.15, 0.2) is 4.67 Å². The zero-order valence-electron chi connectivity index (χ0n) is 21.5. The van der Waals surface area contributed by atoms with Crippen LogP contribution in [0.1, 0.15) is 21.1 Å². The van der Waals surface area contributed by atoms with Crippen LogP contribution in [0.25, 0.3) is 34.4 Å². The molecule has 0 amide bonds. The normalized spacial score (nSPS) is 10.0. The van der Waals surface area contributed by atoms with E-state index < -0.39 is 11.9 Å². The molecule has 0 atom stereocenters. The average molecular weight is 616 g/mol. The lowest BCUT2D eigenvalue weighted by Crippen LogP contribution is -1.98. The quantitative estimate of drug-likeness (QED) is 0.197. The molecule has 206 valence electrons. The molecule has 6 aromatic rings. The fraction of sp³-hybridized carbons (Fsp3) is 0.0333. The first-order valence-electron chi connectivity index (χ1n) is 12.0. The molecule has 0 saturated heterocycles. The summed E-state index contributed by atoms with van der Waals surface area (Å²) in [5.41, 5.74) is 2.58. The van der Waals surface area contributed by atoms with E-state index in [0.29, 0.717) is 22.3 Å². The number of hydrogen-bond acceptors (Lipinski definition) is 9. The van der Waals surface area contributed by atoms with Gasteiger partial charge < -0.3 is 23.1 Å². The molecule has 1 N–H and O–H groups in total. The highest BCUT2D eigenvalue weighted by Crippen LogP contribution is 2.21. The van der Waals surface area contributed by atoms with E-state index in [0.717, 1.165) is 16.7 Å². The fourth-order valence-electron chi connectivity index (χ4n) is 3.24. The van der Waals surface area contributed by atoms with Gasteiger partial charge in [-0.15, -0.1) is 0 Å². The maximum Gasteiger partial charge on any atom is 0.375 e. The maximum absolute atomic E-state index is 11.1. The third kappa shape index (κ3) is 8.10. The first kappa shape index (κ1) is 28.7. The van der Waals surface area contributed by atoms with Crippen LogP contribution in [-0.4, -0.2) is 39.1 Å². The summed E-state index contributed by atoms with van der Waals surface area (Å²) in [6.07, 6.45) is 4.20. The lowest BCUT2D eigenvalue weighted by atomic mass is 10.2. The number of benzene rings is 3. The van der Waals surface area contributed by atoms with Crippen molar-refractivity contribution in [2.75, 3.05) is 7.11 Å². The number of carbonyl (C=O) groups is 2. The Balaban J connectivity index is 0.000000142. The molecule has 0 radical (unpaired) electrons. The highest BCUT2D eigenvalue weighted by Gasteiger charge is 2.13. The number of methoxy groups -OCH3 is 1. The van der Waals surface area contributed by atoms with Gasteiger partial charge in [-0.3, -0.25) is 0 Å². The minimum Gasteiger partial charge on any atom is -0.475 e. The van der Waals surface area contributed by atoms with Crippen molar-refractivity contribution >= 4 is 27.9 Å². The number of esters is 1. The molecule has 3 heterocycles. The lowest BCUT2D eigenvalue weighted by molar-refractivity contribution is 0.0565. The van der Waals surface area contributed by atoms with Crippen molar-refractivity contribution in [3.8, 4) is 34.4 Å². The van der Waals surface area contributed by atoms with Gasteiger partial charge in [0, 0.05) is 16.7 Å². The summed E-state index contributed by atoms with van der Waals surface area (Å²) in [5.74, 6) is -0.300. The number of carbonyl (C=O) groups excluding carboxylic acids is 1. The first-order chi connectivity index (χ1) is 19.9. The summed E-state index contributed by atoms with van der Waals surface area (Å²) < 4.78 is 20.7. The van der Waals surface area contributed by atoms with Gasteiger partial charge in [-0.05, 0) is 52.3 Å². The Labute approximate surface area is 242 Å². The van der Waals surface area contributed by atoms with Crippen LogP contribution < -0.4 is 0 Å². The second kappa shape index (κ2) is 14.2. The summed E-state index contributed by atoms with van der Waals surface area (Å²) in [6.45, 7) is 0. The first-order valence-corrected chi connectivity index (χ1v) is 12.7. The molecule has 0 aliphatic rings. The van der Waals surface area contributed by atoms with Crippen molar-refractivity contribution in [3.05, 3.63) is 126 Å². The van der Waals surface area contributed by atoms with E-state index in [1.807, 2.05) is 78.9 Å². The molecule has 0 spiro atoms. The van der Waals surface area contributed by atoms with Crippen molar-refractivity contribution in [1.29, 1.82) is 0 Å².